The Bertz CT molecular complexity index is 661. The maximum atomic E-state index is 12.2. The summed E-state index contributed by atoms with van der Waals surface area (Å²) < 4.78 is 5.52. The summed E-state index contributed by atoms with van der Waals surface area (Å²) in [4.78, 5) is 12.2. The van der Waals surface area contributed by atoms with Gasteiger partial charge in [-0.2, -0.15) is 0 Å². The van der Waals surface area contributed by atoms with Gasteiger partial charge in [-0.25, -0.2) is 0 Å². The lowest BCUT2D eigenvalue weighted by molar-refractivity contribution is 0.0921. The molecule has 0 unspecified atom stereocenters. The van der Waals surface area contributed by atoms with Crippen molar-refractivity contribution >= 4 is 5.78 Å². The van der Waals surface area contributed by atoms with Crippen LogP contribution in [0.4, 0.5) is 0 Å². The third-order valence-corrected chi connectivity index (χ3v) is 3.87. The second kappa shape index (κ2) is 6.10. The molecule has 0 saturated heterocycles. The predicted octanol–water partition coefficient (Wildman–Crippen LogP) is 2.93. The molecule has 2 aromatic carbocycles. The molecule has 0 saturated carbocycles. The smallest absolute Gasteiger partial charge is 0.200 e. The molecule has 0 amide bonds. The summed E-state index contributed by atoms with van der Waals surface area (Å²) in [6.07, 6.45) is 3.36. The van der Waals surface area contributed by atoms with Gasteiger partial charge in [-0.05, 0) is 54.2 Å². The van der Waals surface area contributed by atoms with E-state index in [1.807, 2.05) is 18.2 Å². The first kappa shape index (κ1) is 13.8. The molecular weight excluding hydrogens is 264 g/mol. The summed E-state index contributed by atoms with van der Waals surface area (Å²) >= 11 is 0. The molecule has 21 heavy (non-hydrogen) atoms. The van der Waals surface area contributed by atoms with E-state index >= 15 is 0 Å². The number of aryl methyl sites for hydroxylation is 2. The van der Waals surface area contributed by atoms with Gasteiger partial charge in [0.2, 0.25) is 0 Å². The lowest BCUT2D eigenvalue weighted by Gasteiger charge is -2.08. The Morgan fingerprint density at radius 3 is 2.81 bits per heavy atom. The molecule has 3 nitrogen and oxygen atoms in total. The highest BCUT2D eigenvalue weighted by molar-refractivity contribution is 5.97. The normalized spacial score (nSPS) is 13.0. The fourth-order valence-corrected chi connectivity index (χ4v) is 2.71. The molecule has 1 aliphatic rings. The van der Waals surface area contributed by atoms with Crippen molar-refractivity contribution in [2.75, 3.05) is 6.61 Å². The van der Waals surface area contributed by atoms with Crippen molar-refractivity contribution in [2.45, 2.75) is 25.9 Å². The number of benzene rings is 2. The molecule has 0 heterocycles. The van der Waals surface area contributed by atoms with Crippen LogP contribution in [0.2, 0.25) is 0 Å². The van der Waals surface area contributed by atoms with E-state index in [9.17, 15) is 4.79 Å². The minimum atomic E-state index is -0.0318. The highest BCUT2D eigenvalue weighted by Gasteiger charge is 2.14. The number of fused-ring (bicyclic) bond motifs is 1. The number of hydrogen-bond acceptors (Lipinski definition) is 3. The summed E-state index contributed by atoms with van der Waals surface area (Å²) in [5.41, 5.74) is 4.15. The van der Waals surface area contributed by atoms with Crippen LogP contribution in [0.3, 0.4) is 0 Å². The predicted molar refractivity (Wildman–Crippen MR) is 80.7 cm³/mol. The van der Waals surface area contributed by atoms with Crippen LogP contribution >= 0.6 is 0 Å². The summed E-state index contributed by atoms with van der Waals surface area (Å²) in [5, 5.41) is 9.08. The number of rotatable bonds is 5. The van der Waals surface area contributed by atoms with Crippen molar-refractivity contribution in [2.24, 2.45) is 0 Å². The van der Waals surface area contributed by atoms with Gasteiger partial charge >= 0.3 is 0 Å². The summed E-state index contributed by atoms with van der Waals surface area (Å²) in [7, 11) is 0. The molecule has 0 fully saturated rings. The van der Waals surface area contributed by atoms with E-state index in [2.05, 4.69) is 6.07 Å². The average molecular weight is 282 g/mol. The molecule has 0 aromatic heterocycles. The fourth-order valence-electron chi connectivity index (χ4n) is 2.71. The first-order chi connectivity index (χ1) is 10.3. The second-order valence-corrected chi connectivity index (χ2v) is 5.35. The van der Waals surface area contributed by atoms with Crippen LogP contribution in [0.25, 0.3) is 0 Å². The third kappa shape index (κ3) is 3.14. The SMILES string of the molecule is O=C(COc1cccc(CO)c1)c1ccc2c(c1)CCC2. The second-order valence-electron chi connectivity index (χ2n) is 5.35. The molecule has 2 aromatic rings. The van der Waals surface area contributed by atoms with E-state index in [1.165, 1.54) is 17.5 Å². The van der Waals surface area contributed by atoms with E-state index in [4.69, 9.17) is 9.84 Å². The number of carbonyl (C=O) groups is 1. The largest absolute Gasteiger partial charge is 0.485 e. The quantitative estimate of drug-likeness (QED) is 0.858. The van der Waals surface area contributed by atoms with Gasteiger partial charge in [-0.3, -0.25) is 4.79 Å². The van der Waals surface area contributed by atoms with Crippen molar-refractivity contribution < 1.29 is 14.6 Å². The van der Waals surface area contributed by atoms with Gasteiger partial charge < -0.3 is 9.84 Å². The Morgan fingerprint density at radius 1 is 1.10 bits per heavy atom. The molecule has 0 aliphatic heterocycles. The van der Waals surface area contributed by atoms with Gasteiger partial charge in [-0.15, -0.1) is 0 Å². The van der Waals surface area contributed by atoms with Gasteiger partial charge in [0.05, 0.1) is 6.61 Å². The van der Waals surface area contributed by atoms with Crippen molar-refractivity contribution in [3.8, 4) is 5.75 Å². The zero-order valence-electron chi connectivity index (χ0n) is 11.8. The maximum absolute atomic E-state index is 12.2. The standard InChI is InChI=1S/C18H18O3/c19-11-13-3-1-6-17(9-13)21-12-18(20)16-8-7-14-4-2-5-15(14)10-16/h1,3,6-10,19H,2,4-5,11-12H2. The van der Waals surface area contributed by atoms with Crippen LogP contribution in [0, 0.1) is 0 Å². The van der Waals surface area contributed by atoms with E-state index in [-0.39, 0.29) is 19.0 Å². The van der Waals surface area contributed by atoms with Crippen LogP contribution in [-0.2, 0) is 19.4 Å². The van der Waals surface area contributed by atoms with Crippen LogP contribution in [0.5, 0.6) is 5.75 Å². The molecule has 0 radical (unpaired) electrons. The van der Waals surface area contributed by atoms with E-state index in [1.54, 1.807) is 18.2 Å². The zero-order chi connectivity index (χ0) is 14.7. The maximum Gasteiger partial charge on any atom is 0.200 e. The minimum absolute atomic E-state index is 0.0147. The topological polar surface area (TPSA) is 46.5 Å². The van der Waals surface area contributed by atoms with Gasteiger partial charge in [0.1, 0.15) is 5.75 Å². The van der Waals surface area contributed by atoms with Crippen molar-refractivity contribution in [1.82, 2.24) is 0 Å². The summed E-state index contributed by atoms with van der Waals surface area (Å²) in [5.74, 6) is 0.593. The van der Waals surface area contributed by atoms with E-state index < -0.39 is 0 Å². The Hall–Kier alpha value is -2.13. The lowest BCUT2D eigenvalue weighted by atomic mass is 10.0. The van der Waals surface area contributed by atoms with Gasteiger partial charge in [0.25, 0.3) is 0 Å². The number of ether oxygens (including phenoxy) is 1. The fraction of sp³-hybridized carbons (Fsp3) is 0.278. The molecule has 108 valence electrons. The molecule has 0 atom stereocenters. The molecule has 3 rings (SSSR count). The van der Waals surface area contributed by atoms with Gasteiger partial charge in [0.15, 0.2) is 12.4 Å². The Labute approximate surface area is 124 Å². The molecule has 3 heteroatoms. The lowest BCUT2D eigenvalue weighted by Crippen LogP contribution is -2.12. The Kier molecular flexibility index (Phi) is 4.02. The zero-order valence-corrected chi connectivity index (χ0v) is 11.8. The molecule has 1 N–H and O–H groups in total. The van der Waals surface area contributed by atoms with Crippen LogP contribution < -0.4 is 4.74 Å². The number of aliphatic hydroxyl groups is 1. The minimum Gasteiger partial charge on any atom is -0.485 e. The third-order valence-electron chi connectivity index (χ3n) is 3.87. The molecule has 0 spiro atoms. The average Bonchev–Trinajstić information content (AvgIpc) is 3.00. The summed E-state index contributed by atoms with van der Waals surface area (Å²) in [6.45, 7) is -0.0103. The van der Waals surface area contributed by atoms with Crippen molar-refractivity contribution in [1.29, 1.82) is 0 Å². The molecular formula is C18H18O3. The van der Waals surface area contributed by atoms with Crippen molar-refractivity contribution in [3.05, 3.63) is 64.7 Å². The molecule has 1 aliphatic carbocycles. The van der Waals surface area contributed by atoms with Crippen LogP contribution in [0.1, 0.15) is 33.5 Å². The first-order valence-corrected chi connectivity index (χ1v) is 7.24. The van der Waals surface area contributed by atoms with Crippen molar-refractivity contribution in [3.63, 3.8) is 0 Å². The summed E-state index contributed by atoms with van der Waals surface area (Å²) in [6, 6.07) is 13.1. The van der Waals surface area contributed by atoms with Crippen LogP contribution in [0.15, 0.2) is 42.5 Å². The number of hydrogen-bond donors (Lipinski definition) is 1. The number of Topliss-reactive ketones (excluding diaryl/α,β-unsaturated/α-hetero) is 1. The Morgan fingerprint density at radius 2 is 1.95 bits per heavy atom. The molecule has 0 bridgehead atoms. The highest BCUT2D eigenvalue weighted by atomic mass is 16.5. The monoisotopic (exact) mass is 282 g/mol. The number of carbonyl (C=O) groups excluding carboxylic acids is 1. The number of aliphatic hydroxyl groups excluding tert-OH is 1. The van der Waals surface area contributed by atoms with Gasteiger partial charge in [-0.1, -0.05) is 24.3 Å². The highest BCUT2D eigenvalue weighted by Crippen LogP contribution is 2.23. The van der Waals surface area contributed by atoms with E-state index in [0.717, 1.165) is 18.4 Å². The number of ketones is 1. The Balaban J connectivity index is 1.66. The van der Waals surface area contributed by atoms with Crippen LogP contribution in [-0.4, -0.2) is 17.5 Å². The van der Waals surface area contributed by atoms with Gasteiger partial charge in [0, 0.05) is 5.56 Å². The first-order valence-electron chi connectivity index (χ1n) is 7.24. The van der Waals surface area contributed by atoms with E-state index in [0.29, 0.717) is 11.3 Å².